The highest BCUT2D eigenvalue weighted by Gasteiger charge is 2.22. The molecule has 8 heteroatoms. The predicted molar refractivity (Wildman–Crippen MR) is 57.6 cm³/mol. The topological polar surface area (TPSA) is 92.4 Å². The molecule has 0 heterocycles. The number of nitrogens with one attached hydrogen (secondary N) is 1. The molecule has 0 fully saturated rings. The van der Waals surface area contributed by atoms with Gasteiger partial charge in [-0.2, -0.15) is 0 Å². The van der Waals surface area contributed by atoms with Crippen molar-refractivity contribution in [3.05, 3.63) is 23.8 Å². The van der Waals surface area contributed by atoms with Crippen molar-refractivity contribution in [2.75, 3.05) is 12.3 Å². The van der Waals surface area contributed by atoms with Crippen LogP contribution in [0.4, 0.5) is 14.5 Å². The Morgan fingerprint density at radius 2 is 2.06 bits per heavy atom. The van der Waals surface area contributed by atoms with E-state index in [4.69, 9.17) is 10.8 Å². The molecule has 1 rings (SSSR count). The molecule has 0 aliphatic rings. The number of aliphatic hydroxyl groups is 1. The van der Waals surface area contributed by atoms with Crippen LogP contribution in [0.15, 0.2) is 17.0 Å². The number of aliphatic hydroxyl groups excluding tert-OH is 1. The van der Waals surface area contributed by atoms with Crippen LogP contribution in [0.3, 0.4) is 0 Å². The fraction of sp³-hybridized carbons (Fsp3) is 0.333. The van der Waals surface area contributed by atoms with E-state index in [1.54, 1.807) is 0 Å². The number of benzene rings is 1. The molecular formula is C9H12F2N2O3S. The molecule has 17 heavy (non-hydrogen) atoms. The Morgan fingerprint density at radius 3 is 2.59 bits per heavy atom. The Bertz CT molecular complexity index is 517. The third kappa shape index (κ3) is 3.11. The Kier molecular flexibility index (Phi) is 4.02. The van der Waals surface area contributed by atoms with Crippen LogP contribution in [0, 0.1) is 11.6 Å². The van der Waals surface area contributed by atoms with E-state index in [9.17, 15) is 17.2 Å². The second kappa shape index (κ2) is 4.94. The molecule has 0 saturated carbocycles. The van der Waals surface area contributed by atoms with Crippen LogP contribution >= 0.6 is 0 Å². The van der Waals surface area contributed by atoms with Crippen LogP contribution in [0.2, 0.25) is 0 Å². The predicted octanol–water partition coefficient (Wildman–Crippen LogP) is 0.206. The summed E-state index contributed by atoms with van der Waals surface area (Å²) in [5, 5.41) is 8.93. The summed E-state index contributed by atoms with van der Waals surface area (Å²) < 4.78 is 51.4. The van der Waals surface area contributed by atoms with Gasteiger partial charge in [0, 0.05) is 6.54 Å². The zero-order chi connectivity index (χ0) is 13.2. The normalized spacial score (nSPS) is 13.6. The van der Waals surface area contributed by atoms with E-state index in [-0.39, 0.29) is 6.54 Å². The fourth-order valence-electron chi connectivity index (χ4n) is 1.06. The number of nitrogens with two attached hydrogens (primary N) is 1. The third-order valence-corrected chi connectivity index (χ3v) is 3.39. The van der Waals surface area contributed by atoms with Crippen molar-refractivity contribution in [2.24, 2.45) is 0 Å². The van der Waals surface area contributed by atoms with Gasteiger partial charge in [-0.25, -0.2) is 21.9 Å². The maximum Gasteiger partial charge on any atom is 0.243 e. The minimum Gasteiger partial charge on any atom is -0.394 e. The Balaban J connectivity index is 3.12. The molecule has 0 aliphatic heterocycles. The summed E-state index contributed by atoms with van der Waals surface area (Å²) in [4.78, 5) is -0.753. The molecule has 1 aromatic rings. The Morgan fingerprint density at radius 1 is 1.47 bits per heavy atom. The molecular weight excluding hydrogens is 254 g/mol. The van der Waals surface area contributed by atoms with Gasteiger partial charge in [-0.3, -0.25) is 0 Å². The van der Waals surface area contributed by atoms with Crippen LogP contribution in [0.5, 0.6) is 0 Å². The molecule has 0 bridgehead atoms. The molecule has 1 atom stereocenters. The summed E-state index contributed by atoms with van der Waals surface area (Å²) >= 11 is 0. The van der Waals surface area contributed by atoms with Gasteiger partial charge in [-0.1, -0.05) is 0 Å². The summed E-state index contributed by atoms with van der Waals surface area (Å²) in [6, 6.07) is 1.53. The van der Waals surface area contributed by atoms with Gasteiger partial charge in [0.1, 0.15) is 16.4 Å². The lowest BCUT2D eigenvalue weighted by atomic mass is 10.3. The highest BCUT2D eigenvalue weighted by atomic mass is 32.2. The zero-order valence-electron chi connectivity index (χ0n) is 8.94. The third-order valence-electron chi connectivity index (χ3n) is 1.95. The molecule has 4 N–H and O–H groups in total. The minimum atomic E-state index is -4.16. The molecule has 1 aromatic carbocycles. The van der Waals surface area contributed by atoms with Gasteiger partial charge in [-0.15, -0.1) is 0 Å². The van der Waals surface area contributed by atoms with Crippen LogP contribution in [-0.4, -0.2) is 26.2 Å². The number of hydrogen-bond donors (Lipinski definition) is 3. The molecule has 0 aromatic heterocycles. The van der Waals surface area contributed by atoms with Crippen LogP contribution in [-0.2, 0) is 10.0 Å². The lowest BCUT2D eigenvalue weighted by Gasteiger charge is -2.10. The quantitative estimate of drug-likeness (QED) is 0.679. The Labute approximate surface area is 97.3 Å². The molecule has 96 valence electrons. The number of halogens is 2. The van der Waals surface area contributed by atoms with E-state index >= 15 is 0 Å². The number of rotatable bonds is 4. The van der Waals surface area contributed by atoms with Gasteiger partial charge in [0.2, 0.25) is 10.0 Å². The van der Waals surface area contributed by atoms with E-state index in [1.807, 2.05) is 4.72 Å². The van der Waals surface area contributed by atoms with Crippen molar-refractivity contribution in [3.63, 3.8) is 0 Å². The second-order valence-corrected chi connectivity index (χ2v) is 5.21. The first-order valence-corrected chi connectivity index (χ1v) is 6.15. The standard InChI is InChI=1S/C9H12F2N2O3S/c1-5(14)4-13-17(15,16)7-3-2-6(10)9(12)8(7)11/h2-3,5,13-14H,4,12H2,1H3. The van der Waals surface area contributed by atoms with Gasteiger partial charge in [0.15, 0.2) is 5.82 Å². The Hall–Kier alpha value is -1.25. The molecule has 0 radical (unpaired) electrons. The van der Waals surface area contributed by atoms with E-state index in [0.717, 1.165) is 12.1 Å². The van der Waals surface area contributed by atoms with Crippen molar-refractivity contribution in [1.82, 2.24) is 4.72 Å². The van der Waals surface area contributed by atoms with Crippen LogP contribution in [0.25, 0.3) is 0 Å². The van der Waals surface area contributed by atoms with E-state index in [1.165, 1.54) is 6.92 Å². The highest BCUT2D eigenvalue weighted by Crippen LogP contribution is 2.22. The summed E-state index contributed by atoms with van der Waals surface area (Å²) in [5.41, 5.74) is 4.19. The molecule has 0 spiro atoms. The smallest absolute Gasteiger partial charge is 0.243 e. The van der Waals surface area contributed by atoms with Crippen molar-refractivity contribution >= 4 is 15.7 Å². The summed E-state index contributed by atoms with van der Waals surface area (Å²) in [6.45, 7) is 1.08. The van der Waals surface area contributed by atoms with Crippen molar-refractivity contribution < 1.29 is 22.3 Å². The average molecular weight is 266 g/mol. The number of anilines is 1. The van der Waals surface area contributed by atoms with Gasteiger partial charge >= 0.3 is 0 Å². The van der Waals surface area contributed by atoms with Gasteiger partial charge in [0.05, 0.1) is 6.10 Å². The van der Waals surface area contributed by atoms with Crippen molar-refractivity contribution in [1.29, 1.82) is 0 Å². The largest absolute Gasteiger partial charge is 0.394 e. The van der Waals surface area contributed by atoms with Crippen LogP contribution < -0.4 is 10.5 Å². The lowest BCUT2D eigenvalue weighted by Crippen LogP contribution is -2.31. The highest BCUT2D eigenvalue weighted by molar-refractivity contribution is 7.89. The first-order chi connectivity index (χ1) is 7.75. The summed E-state index contributed by atoms with van der Waals surface area (Å²) in [5.74, 6) is -2.37. The van der Waals surface area contributed by atoms with Gasteiger partial charge in [0.25, 0.3) is 0 Å². The van der Waals surface area contributed by atoms with Gasteiger partial charge < -0.3 is 10.8 Å². The summed E-state index contributed by atoms with van der Waals surface area (Å²) in [6.07, 6.45) is -0.925. The number of hydrogen-bond acceptors (Lipinski definition) is 4. The van der Waals surface area contributed by atoms with Crippen LogP contribution in [0.1, 0.15) is 6.92 Å². The van der Waals surface area contributed by atoms with E-state index < -0.39 is 38.3 Å². The SMILES string of the molecule is CC(O)CNS(=O)(=O)c1ccc(F)c(N)c1F. The lowest BCUT2D eigenvalue weighted by molar-refractivity contribution is 0.198. The molecule has 0 amide bonds. The molecule has 0 aliphatic carbocycles. The molecule has 1 unspecified atom stereocenters. The second-order valence-electron chi connectivity index (χ2n) is 3.47. The van der Waals surface area contributed by atoms with Crippen molar-refractivity contribution in [2.45, 2.75) is 17.9 Å². The molecule has 0 saturated heterocycles. The maximum atomic E-state index is 13.4. The monoisotopic (exact) mass is 266 g/mol. The molecule has 5 nitrogen and oxygen atoms in total. The van der Waals surface area contributed by atoms with Gasteiger partial charge in [-0.05, 0) is 19.1 Å². The summed E-state index contributed by atoms with van der Waals surface area (Å²) in [7, 11) is -4.16. The average Bonchev–Trinajstić information content (AvgIpc) is 2.23. The first kappa shape index (κ1) is 13.8. The number of sulfonamides is 1. The zero-order valence-corrected chi connectivity index (χ0v) is 9.76. The van der Waals surface area contributed by atoms with E-state index in [0.29, 0.717) is 0 Å². The van der Waals surface area contributed by atoms with E-state index in [2.05, 4.69) is 0 Å². The number of nitrogen functional groups attached to an aromatic ring is 1. The minimum absolute atomic E-state index is 0.279. The maximum absolute atomic E-state index is 13.4. The fourth-order valence-corrected chi connectivity index (χ4v) is 2.27. The first-order valence-electron chi connectivity index (χ1n) is 4.67. The van der Waals surface area contributed by atoms with Crippen molar-refractivity contribution in [3.8, 4) is 0 Å².